The maximum absolute atomic E-state index is 6.09. The van der Waals surface area contributed by atoms with Crippen molar-refractivity contribution < 1.29 is 4.74 Å². The predicted octanol–water partition coefficient (Wildman–Crippen LogP) is 3.48. The van der Waals surface area contributed by atoms with E-state index in [2.05, 4.69) is 60.8 Å². The molecule has 98 valence electrons. The van der Waals surface area contributed by atoms with Crippen LogP contribution in [0.25, 0.3) is 11.1 Å². The largest absolute Gasteiger partial charge is 0.486 e. The maximum atomic E-state index is 6.09. The number of benzene rings is 2. The standard InChI is InChI=1S/C17H19NO/c1-17(11-12-18-13-17)19-16-9-7-15(8-10-16)14-5-3-2-4-6-14/h2-10,18H,11-13H2,1H3. The highest BCUT2D eigenvalue weighted by atomic mass is 16.5. The summed E-state index contributed by atoms with van der Waals surface area (Å²) >= 11 is 0. The molecule has 0 aliphatic carbocycles. The van der Waals surface area contributed by atoms with Crippen molar-refractivity contribution in [3.05, 3.63) is 54.6 Å². The molecule has 1 N–H and O–H groups in total. The Balaban J connectivity index is 1.76. The molecule has 0 aromatic heterocycles. The summed E-state index contributed by atoms with van der Waals surface area (Å²) in [5.74, 6) is 0.950. The molecule has 1 aliphatic rings. The fraction of sp³-hybridized carbons (Fsp3) is 0.294. The fourth-order valence-corrected chi connectivity index (χ4v) is 2.51. The lowest BCUT2D eigenvalue weighted by atomic mass is 10.0. The molecule has 1 aliphatic heterocycles. The van der Waals surface area contributed by atoms with Crippen LogP contribution in [-0.4, -0.2) is 18.7 Å². The highest BCUT2D eigenvalue weighted by molar-refractivity contribution is 5.63. The van der Waals surface area contributed by atoms with Gasteiger partial charge in [-0.15, -0.1) is 0 Å². The first-order valence-corrected chi connectivity index (χ1v) is 6.80. The summed E-state index contributed by atoms with van der Waals surface area (Å²) in [6.45, 7) is 4.13. The molecule has 1 saturated heterocycles. The van der Waals surface area contributed by atoms with Gasteiger partial charge in [0.2, 0.25) is 0 Å². The Bertz CT molecular complexity index is 527. The molecule has 0 saturated carbocycles. The molecule has 2 aromatic rings. The average molecular weight is 253 g/mol. The lowest BCUT2D eigenvalue weighted by molar-refractivity contribution is 0.111. The van der Waals surface area contributed by atoms with E-state index >= 15 is 0 Å². The van der Waals surface area contributed by atoms with Crippen molar-refractivity contribution in [1.29, 1.82) is 0 Å². The van der Waals surface area contributed by atoms with E-state index in [0.717, 1.165) is 25.3 Å². The minimum Gasteiger partial charge on any atom is -0.486 e. The first-order valence-electron chi connectivity index (χ1n) is 6.80. The number of hydrogen-bond acceptors (Lipinski definition) is 2. The summed E-state index contributed by atoms with van der Waals surface area (Å²) in [6, 6.07) is 18.8. The molecule has 0 radical (unpaired) electrons. The zero-order chi connectivity index (χ0) is 13.1. The smallest absolute Gasteiger partial charge is 0.120 e. The molecular weight excluding hydrogens is 234 g/mol. The number of nitrogens with one attached hydrogen (secondary N) is 1. The van der Waals surface area contributed by atoms with E-state index in [9.17, 15) is 0 Å². The molecular formula is C17H19NO. The Hall–Kier alpha value is -1.80. The molecule has 1 heterocycles. The van der Waals surface area contributed by atoms with Gasteiger partial charge < -0.3 is 10.1 Å². The minimum absolute atomic E-state index is 0.0612. The van der Waals surface area contributed by atoms with Crippen molar-refractivity contribution in [3.63, 3.8) is 0 Å². The molecule has 3 rings (SSSR count). The molecule has 2 aromatic carbocycles. The topological polar surface area (TPSA) is 21.3 Å². The van der Waals surface area contributed by atoms with E-state index in [1.165, 1.54) is 11.1 Å². The van der Waals surface area contributed by atoms with E-state index in [0.29, 0.717) is 0 Å². The van der Waals surface area contributed by atoms with Gasteiger partial charge in [0.1, 0.15) is 11.4 Å². The van der Waals surface area contributed by atoms with Crippen molar-refractivity contribution in [2.24, 2.45) is 0 Å². The van der Waals surface area contributed by atoms with Gasteiger partial charge in [0.15, 0.2) is 0 Å². The summed E-state index contributed by atoms with van der Waals surface area (Å²) in [5.41, 5.74) is 2.40. The highest BCUT2D eigenvalue weighted by Crippen LogP contribution is 2.26. The van der Waals surface area contributed by atoms with Gasteiger partial charge in [0.05, 0.1) is 0 Å². The first kappa shape index (κ1) is 12.2. The first-order chi connectivity index (χ1) is 9.25. The van der Waals surface area contributed by atoms with Crippen LogP contribution in [0.1, 0.15) is 13.3 Å². The number of rotatable bonds is 3. The Labute approximate surface area is 114 Å². The van der Waals surface area contributed by atoms with Crippen molar-refractivity contribution >= 4 is 0 Å². The van der Waals surface area contributed by atoms with E-state index in [1.54, 1.807) is 0 Å². The quantitative estimate of drug-likeness (QED) is 0.904. The summed E-state index contributed by atoms with van der Waals surface area (Å²) < 4.78 is 6.09. The molecule has 2 heteroatoms. The van der Waals surface area contributed by atoms with Gasteiger partial charge in [-0.05, 0) is 36.7 Å². The Kier molecular flexibility index (Phi) is 3.26. The second kappa shape index (κ2) is 5.06. The van der Waals surface area contributed by atoms with Gasteiger partial charge in [0.25, 0.3) is 0 Å². The van der Waals surface area contributed by atoms with Crippen molar-refractivity contribution in [2.75, 3.05) is 13.1 Å². The molecule has 2 nitrogen and oxygen atoms in total. The summed E-state index contributed by atoms with van der Waals surface area (Å²) in [6.07, 6.45) is 1.06. The number of ether oxygens (including phenoxy) is 1. The molecule has 19 heavy (non-hydrogen) atoms. The van der Waals surface area contributed by atoms with Crippen LogP contribution in [0.5, 0.6) is 5.75 Å². The third-order valence-electron chi connectivity index (χ3n) is 3.66. The van der Waals surface area contributed by atoms with Crippen LogP contribution in [-0.2, 0) is 0 Å². The molecule has 1 atom stereocenters. The van der Waals surface area contributed by atoms with Gasteiger partial charge in [-0.2, -0.15) is 0 Å². The van der Waals surface area contributed by atoms with Gasteiger partial charge >= 0.3 is 0 Å². The van der Waals surface area contributed by atoms with E-state index in [-0.39, 0.29) is 5.60 Å². The van der Waals surface area contributed by atoms with Gasteiger partial charge in [-0.3, -0.25) is 0 Å². The Morgan fingerprint density at radius 1 is 0.947 bits per heavy atom. The van der Waals surface area contributed by atoms with Crippen LogP contribution in [0.2, 0.25) is 0 Å². The second-order valence-electron chi connectivity index (χ2n) is 5.37. The molecule has 0 bridgehead atoms. The van der Waals surface area contributed by atoms with Crippen LogP contribution in [0.15, 0.2) is 54.6 Å². The van der Waals surface area contributed by atoms with Crippen LogP contribution in [0, 0.1) is 0 Å². The fourth-order valence-electron chi connectivity index (χ4n) is 2.51. The van der Waals surface area contributed by atoms with Crippen LogP contribution in [0.3, 0.4) is 0 Å². The SMILES string of the molecule is CC1(Oc2ccc(-c3ccccc3)cc2)CCNC1. The van der Waals surface area contributed by atoms with E-state index < -0.39 is 0 Å². The zero-order valence-electron chi connectivity index (χ0n) is 11.2. The monoisotopic (exact) mass is 253 g/mol. The average Bonchev–Trinajstić information content (AvgIpc) is 2.87. The highest BCUT2D eigenvalue weighted by Gasteiger charge is 2.30. The van der Waals surface area contributed by atoms with Crippen molar-refractivity contribution in [3.8, 4) is 16.9 Å². The van der Waals surface area contributed by atoms with Gasteiger partial charge in [0, 0.05) is 13.0 Å². The molecule has 0 spiro atoms. The van der Waals surface area contributed by atoms with Crippen LogP contribution >= 0.6 is 0 Å². The molecule has 1 fully saturated rings. The van der Waals surface area contributed by atoms with Gasteiger partial charge in [-0.1, -0.05) is 42.5 Å². The minimum atomic E-state index is -0.0612. The normalized spacial score (nSPS) is 22.4. The van der Waals surface area contributed by atoms with Crippen LogP contribution < -0.4 is 10.1 Å². The third-order valence-corrected chi connectivity index (χ3v) is 3.66. The zero-order valence-corrected chi connectivity index (χ0v) is 11.2. The Morgan fingerprint density at radius 2 is 1.63 bits per heavy atom. The molecule has 1 unspecified atom stereocenters. The van der Waals surface area contributed by atoms with Crippen molar-refractivity contribution in [2.45, 2.75) is 18.9 Å². The second-order valence-corrected chi connectivity index (χ2v) is 5.37. The Morgan fingerprint density at radius 3 is 2.26 bits per heavy atom. The third kappa shape index (κ3) is 2.79. The van der Waals surface area contributed by atoms with Crippen molar-refractivity contribution in [1.82, 2.24) is 5.32 Å². The van der Waals surface area contributed by atoms with Gasteiger partial charge in [-0.25, -0.2) is 0 Å². The van der Waals surface area contributed by atoms with E-state index in [1.807, 2.05) is 6.07 Å². The summed E-state index contributed by atoms with van der Waals surface area (Å²) in [7, 11) is 0. The molecule has 0 amide bonds. The summed E-state index contributed by atoms with van der Waals surface area (Å²) in [4.78, 5) is 0. The lowest BCUT2D eigenvalue weighted by Gasteiger charge is -2.24. The van der Waals surface area contributed by atoms with E-state index in [4.69, 9.17) is 4.74 Å². The van der Waals surface area contributed by atoms with Crippen LogP contribution in [0.4, 0.5) is 0 Å². The lowest BCUT2D eigenvalue weighted by Crippen LogP contribution is -2.34. The predicted molar refractivity (Wildman–Crippen MR) is 78.4 cm³/mol. The number of hydrogen-bond donors (Lipinski definition) is 1. The summed E-state index contributed by atoms with van der Waals surface area (Å²) in [5, 5.41) is 3.35. The maximum Gasteiger partial charge on any atom is 0.120 e.